The molecule has 1 unspecified atom stereocenters. The van der Waals surface area contributed by atoms with E-state index in [4.69, 9.17) is 17.3 Å². The molecule has 10 heavy (non-hydrogen) atoms. The summed E-state index contributed by atoms with van der Waals surface area (Å²) in [6.07, 6.45) is 5.37. The molecule has 0 aliphatic rings. The van der Waals surface area contributed by atoms with Gasteiger partial charge in [-0.1, -0.05) is 6.92 Å². The van der Waals surface area contributed by atoms with Gasteiger partial charge in [0.15, 0.2) is 0 Å². The molecule has 0 amide bonds. The van der Waals surface area contributed by atoms with E-state index < -0.39 is 11.5 Å². The van der Waals surface area contributed by atoms with Gasteiger partial charge in [-0.15, -0.1) is 12.3 Å². The van der Waals surface area contributed by atoms with Crippen molar-refractivity contribution in [3.05, 3.63) is 0 Å². The molecule has 0 spiro atoms. The van der Waals surface area contributed by atoms with Crippen LogP contribution in [0.15, 0.2) is 0 Å². The molecule has 0 fully saturated rings. The molecule has 0 aliphatic heterocycles. The van der Waals surface area contributed by atoms with Gasteiger partial charge in [-0.3, -0.25) is 4.79 Å². The van der Waals surface area contributed by atoms with E-state index in [-0.39, 0.29) is 6.42 Å². The van der Waals surface area contributed by atoms with Gasteiger partial charge in [-0.05, 0) is 6.42 Å². The zero-order chi connectivity index (χ0) is 8.20. The summed E-state index contributed by atoms with van der Waals surface area (Å²) in [5.74, 6) is 1.20. The fourth-order valence-electron chi connectivity index (χ4n) is 0.534. The number of terminal acetylenes is 1. The Morgan fingerprint density at radius 1 is 1.90 bits per heavy atom. The first-order chi connectivity index (χ1) is 4.56. The second-order valence-corrected chi connectivity index (χ2v) is 2.20. The Kier molecular flexibility index (Phi) is 2.91. The van der Waals surface area contributed by atoms with Crippen LogP contribution in [0.4, 0.5) is 0 Å². The zero-order valence-corrected chi connectivity index (χ0v) is 5.92. The number of carboxylic acids is 1. The van der Waals surface area contributed by atoms with Crippen LogP contribution in [0.5, 0.6) is 0 Å². The highest BCUT2D eigenvalue weighted by Gasteiger charge is 2.30. The third kappa shape index (κ3) is 1.74. The second kappa shape index (κ2) is 3.23. The van der Waals surface area contributed by atoms with E-state index >= 15 is 0 Å². The molecule has 3 nitrogen and oxygen atoms in total. The maximum Gasteiger partial charge on any atom is 0.324 e. The van der Waals surface area contributed by atoms with Crippen LogP contribution >= 0.6 is 0 Å². The first-order valence-corrected chi connectivity index (χ1v) is 3.02. The van der Waals surface area contributed by atoms with Gasteiger partial charge in [0.05, 0.1) is 0 Å². The number of carbonyl (C=O) groups is 1. The van der Waals surface area contributed by atoms with Gasteiger partial charge in [0, 0.05) is 6.42 Å². The standard InChI is InChI=1S/C7H11NO2/c1-3-5-7(8,4-2)6(9)10/h1H,4-5,8H2,2H3,(H,9,10). The highest BCUT2D eigenvalue weighted by atomic mass is 16.4. The van der Waals surface area contributed by atoms with E-state index in [0.29, 0.717) is 6.42 Å². The lowest BCUT2D eigenvalue weighted by atomic mass is 9.94. The number of hydrogen-bond acceptors (Lipinski definition) is 2. The van der Waals surface area contributed by atoms with E-state index in [2.05, 4.69) is 5.92 Å². The van der Waals surface area contributed by atoms with Gasteiger partial charge in [0.2, 0.25) is 0 Å². The highest BCUT2D eigenvalue weighted by molar-refractivity contribution is 5.78. The summed E-state index contributed by atoms with van der Waals surface area (Å²) in [7, 11) is 0. The van der Waals surface area contributed by atoms with E-state index in [1.165, 1.54) is 0 Å². The van der Waals surface area contributed by atoms with Gasteiger partial charge in [0.1, 0.15) is 5.54 Å². The Bertz CT molecular complexity index is 171. The molecule has 0 aromatic heterocycles. The van der Waals surface area contributed by atoms with Crippen LogP contribution in [-0.4, -0.2) is 16.6 Å². The molecule has 0 aromatic rings. The second-order valence-electron chi connectivity index (χ2n) is 2.20. The smallest absolute Gasteiger partial charge is 0.324 e. The van der Waals surface area contributed by atoms with Crippen molar-refractivity contribution in [1.29, 1.82) is 0 Å². The predicted octanol–water partition coefficient (Wildman–Crippen LogP) is 0.202. The van der Waals surface area contributed by atoms with Crippen LogP contribution < -0.4 is 5.73 Å². The van der Waals surface area contributed by atoms with E-state index in [1.54, 1.807) is 6.92 Å². The normalized spacial score (nSPS) is 15.3. The summed E-state index contributed by atoms with van der Waals surface area (Å²) in [5.41, 5.74) is 4.18. The van der Waals surface area contributed by atoms with Crippen LogP contribution in [-0.2, 0) is 4.79 Å². The fourth-order valence-corrected chi connectivity index (χ4v) is 0.534. The molecule has 1 atom stereocenters. The summed E-state index contributed by atoms with van der Waals surface area (Å²) in [6.45, 7) is 1.70. The van der Waals surface area contributed by atoms with Gasteiger partial charge in [-0.2, -0.15) is 0 Å². The topological polar surface area (TPSA) is 63.3 Å². The first kappa shape index (κ1) is 8.99. The largest absolute Gasteiger partial charge is 0.480 e. The molecule has 0 saturated carbocycles. The molecule has 0 rings (SSSR count). The molecule has 0 aliphatic carbocycles. The molecule has 0 radical (unpaired) electrons. The summed E-state index contributed by atoms with van der Waals surface area (Å²) in [4.78, 5) is 10.4. The molecule has 3 N–H and O–H groups in total. The van der Waals surface area contributed by atoms with Crippen molar-refractivity contribution >= 4 is 5.97 Å². The summed E-state index contributed by atoms with van der Waals surface area (Å²) in [6, 6.07) is 0. The first-order valence-electron chi connectivity index (χ1n) is 3.02. The Hall–Kier alpha value is -1.01. The Balaban J connectivity index is 4.26. The monoisotopic (exact) mass is 141 g/mol. The van der Waals surface area contributed by atoms with Crippen molar-refractivity contribution in [3.63, 3.8) is 0 Å². The summed E-state index contributed by atoms with van der Waals surface area (Å²) >= 11 is 0. The zero-order valence-electron chi connectivity index (χ0n) is 5.92. The van der Waals surface area contributed by atoms with Crippen molar-refractivity contribution in [1.82, 2.24) is 0 Å². The molecule has 0 saturated heterocycles. The van der Waals surface area contributed by atoms with Gasteiger partial charge >= 0.3 is 5.97 Å². The Morgan fingerprint density at radius 2 is 2.40 bits per heavy atom. The van der Waals surface area contributed by atoms with Crippen LogP contribution in [0.3, 0.4) is 0 Å². The van der Waals surface area contributed by atoms with E-state index in [9.17, 15) is 4.79 Å². The molecule has 56 valence electrons. The molecular weight excluding hydrogens is 130 g/mol. The fraction of sp³-hybridized carbons (Fsp3) is 0.571. The third-order valence-electron chi connectivity index (χ3n) is 1.47. The molecule has 0 bridgehead atoms. The minimum Gasteiger partial charge on any atom is -0.480 e. The lowest BCUT2D eigenvalue weighted by molar-refractivity contribution is -0.143. The van der Waals surface area contributed by atoms with E-state index in [1.807, 2.05) is 0 Å². The average Bonchev–Trinajstić information content (AvgIpc) is 1.88. The van der Waals surface area contributed by atoms with E-state index in [0.717, 1.165) is 0 Å². The van der Waals surface area contributed by atoms with Crippen molar-refractivity contribution in [2.75, 3.05) is 0 Å². The quantitative estimate of drug-likeness (QED) is 0.552. The average molecular weight is 141 g/mol. The van der Waals surface area contributed by atoms with Gasteiger partial charge < -0.3 is 10.8 Å². The van der Waals surface area contributed by atoms with Crippen LogP contribution in [0, 0.1) is 12.3 Å². The van der Waals surface area contributed by atoms with Crippen molar-refractivity contribution in [2.24, 2.45) is 5.73 Å². The summed E-state index contributed by atoms with van der Waals surface area (Å²) < 4.78 is 0. The number of rotatable bonds is 3. The maximum absolute atomic E-state index is 10.4. The van der Waals surface area contributed by atoms with Crippen molar-refractivity contribution < 1.29 is 9.90 Å². The lowest BCUT2D eigenvalue weighted by Crippen LogP contribution is -2.46. The number of nitrogens with two attached hydrogens (primary N) is 1. The van der Waals surface area contributed by atoms with Gasteiger partial charge in [0.25, 0.3) is 0 Å². The minimum absolute atomic E-state index is 0.0822. The highest BCUT2D eigenvalue weighted by Crippen LogP contribution is 2.10. The molecule has 0 heterocycles. The number of hydrogen-bond donors (Lipinski definition) is 2. The Labute approximate surface area is 60.2 Å². The van der Waals surface area contributed by atoms with Crippen LogP contribution in [0.1, 0.15) is 19.8 Å². The minimum atomic E-state index is -1.23. The lowest BCUT2D eigenvalue weighted by Gasteiger charge is -2.19. The summed E-state index contributed by atoms with van der Waals surface area (Å²) in [5, 5.41) is 8.54. The maximum atomic E-state index is 10.4. The third-order valence-corrected chi connectivity index (χ3v) is 1.47. The van der Waals surface area contributed by atoms with Crippen LogP contribution in [0.2, 0.25) is 0 Å². The van der Waals surface area contributed by atoms with Crippen LogP contribution in [0.25, 0.3) is 0 Å². The number of carboxylic acid groups (broad SMARTS) is 1. The molecule has 3 heteroatoms. The Morgan fingerprint density at radius 3 is 2.50 bits per heavy atom. The predicted molar refractivity (Wildman–Crippen MR) is 38.3 cm³/mol. The van der Waals surface area contributed by atoms with Crippen molar-refractivity contribution in [3.8, 4) is 12.3 Å². The SMILES string of the molecule is C#CCC(N)(CC)C(=O)O. The molecular formula is C7H11NO2. The number of aliphatic carboxylic acids is 1. The van der Waals surface area contributed by atoms with Gasteiger partial charge in [-0.25, -0.2) is 0 Å². The molecule has 0 aromatic carbocycles. The van der Waals surface area contributed by atoms with Crippen molar-refractivity contribution in [2.45, 2.75) is 25.3 Å².